The zero-order valence-corrected chi connectivity index (χ0v) is 12.8. The van der Waals surface area contributed by atoms with E-state index in [4.69, 9.17) is 18.9 Å². The van der Waals surface area contributed by atoms with E-state index in [0.29, 0.717) is 35.2 Å². The van der Waals surface area contributed by atoms with Crippen LogP contribution in [-0.4, -0.2) is 27.6 Å². The van der Waals surface area contributed by atoms with E-state index in [2.05, 4.69) is 0 Å². The highest BCUT2D eigenvalue weighted by Crippen LogP contribution is 2.38. The lowest BCUT2D eigenvalue weighted by molar-refractivity contribution is 0.112. The Labute approximate surface area is 129 Å². The molecule has 0 aliphatic heterocycles. The van der Waals surface area contributed by atoms with Gasteiger partial charge in [0.1, 0.15) is 18.6 Å². The van der Waals surface area contributed by atoms with E-state index in [9.17, 15) is 4.79 Å². The van der Waals surface area contributed by atoms with Gasteiger partial charge in [-0.1, -0.05) is 0 Å². The van der Waals surface area contributed by atoms with Gasteiger partial charge in [-0.25, -0.2) is 0 Å². The molecular formula is C17H18O5. The quantitative estimate of drug-likeness (QED) is 0.736. The van der Waals surface area contributed by atoms with Crippen LogP contribution in [0.1, 0.15) is 15.9 Å². The summed E-state index contributed by atoms with van der Waals surface area (Å²) in [6.45, 7) is 0.344. The molecule has 0 bridgehead atoms. The lowest BCUT2D eigenvalue weighted by Crippen LogP contribution is -2.00. The van der Waals surface area contributed by atoms with Crippen molar-refractivity contribution < 1.29 is 23.7 Å². The Hall–Kier alpha value is -2.69. The van der Waals surface area contributed by atoms with E-state index in [1.54, 1.807) is 45.6 Å². The number of ether oxygens (including phenoxy) is 4. The highest BCUT2D eigenvalue weighted by Gasteiger charge is 2.13. The Morgan fingerprint density at radius 3 is 1.95 bits per heavy atom. The van der Waals surface area contributed by atoms with Crippen molar-refractivity contribution in [3.05, 3.63) is 47.5 Å². The van der Waals surface area contributed by atoms with Gasteiger partial charge in [0, 0.05) is 5.56 Å². The van der Waals surface area contributed by atoms with Crippen LogP contribution in [0.25, 0.3) is 0 Å². The molecule has 0 radical (unpaired) electrons. The zero-order chi connectivity index (χ0) is 15.9. The van der Waals surface area contributed by atoms with Crippen molar-refractivity contribution in [1.82, 2.24) is 0 Å². The molecule has 2 aromatic rings. The minimum absolute atomic E-state index is 0.344. The van der Waals surface area contributed by atoms with Crippen LogP contribution in [0.3, 0.4) is 0 Å². The minimum atomic E-state index is 0.344. The fourth-order valence-corrected chi connectivity index (χ4v) is 2.03. The monoisotopic (exact) mass is 302 g/mol. The van der Waals surface area contributed by atoms with Crippen molar-refractivity contribution in [2.45, 2.75) is 6.61 Å². The molecule has 2 aromatic carbocycles. The molecule has 0 fully saturated rings. The molecule has 0 saturated heterocycles. The van der Waals surface area contributed by atoms with E-state index in [-0.39, 0.29) is 0 Å². The number of methoxy groups -OCH3 is 3. The predicted octanol–water partition coefficient (Wildman–Crippen LogP) is 3.10. The molecule has 0 N–H and O–H groups in total. The van der Waals surface area contributed by atoms with E-state index >= 15 is 0 Å². The van der Waals surface area contributed by atoms with E-state index in [1.165, 1.54) is 0 Å². The molecule has 0 heterocycles. The summed E-state index contributed by atoms with van der Waals surface area (Å²) in [5.41, 5.74) is 1.49. The Balaban J connectivity index is 2.16. The van der Waals surface area contributed by atoms with E-state index < -0.39 is 0 Å². The van der Waals surface area contributed by atoms with Gasteiger partial charge in [0.25, 0.3) is 0 Å². The predicted molar refractivity (Wildman–Crippen MR) is 82.3 cm³/mol. The Kier molecular flexibility index (Phi) is 5.25. The highest BCUT2D eigenvalue weighted by atomic mass is 16.5. The van der Waals surface area contributed by atoms with Crippen LogP contribution in [0.4, 0.5) is 0 Å². The molecule has 0 aliphatic rings. The Bertz CT molecular complexity index is 609. The number of hydrogen-bond donors (Lipinski definition) is 0. The van der Waals surface area contributed by atoms with Crippen LogP contribution in [-0.2, 0) is 6.61 Å². The molecule has 0 atom stereocenters. The van der Waals surface area contributed by atoms with Crippen LogP contribution in [0.15, 0.2) is 36.4 Å². The van der Waals surface area contributed by atoms with E-state index in [0.717, 1.165) is 11.8 Å². The lowest BCUT2D eigenvalue weighted by atomic mass is 10.2. The third-order valence-corrected chi connectivity index (χ3v) is 3.15. The average Bonchev–Trinajstić information content (AvgIpc) is 2.59. The largest absolute Gasteiger partial charge is 0.493 e. The average molecular weight is 302 g/mol. The molecule has 0 aromatic heterocycles. The summed E-state index contributed by atoms with van der Waals surface area (Å²) in [6.07, 6.45) is 0.795. The van der Waals surface area contributed by atoms with Gasteiger partial charge in [-0.15, -0.1) is 0 Å². The molecule has 5 heteroatoms. The summed E-state index contributed by atoms with van der Waals surface area (Å²) in [6, 6.07) is 10.6. The summed E-state index contributed by atoms with van der Waals surface area (Å²) in [5, 5.41) is 0. The van der Waals surface area contributed by atoms with Gasteiger partial charge in [-0.05, 0) is 42.0 Å². The van der Waals surface area contributed by atoms with Crippen LogP contribution in [0.5, 0.6) is 23.0 Å². The van der Waals surface area contributed by atoms with Crippen molar-refractivity contribution in [2.24, 2.45) is 0 Å². The lowest BCUT2D eigenvalue weighted by Gasteiger charge is -2.14. The van der Waals surface area contributed by atoms with Crippen LogP contribution in [0, 0.1) is 0 Å². The molecule has 0 spiro atoms. The topological polar surface area (TPSA) is 54.0 Å². The van der Waals surface area contributed by atoms with Crippen molar-refractivity contribution in [2.75, 3.05) is 21.3 Å². The molecule has 22 heavy (non-hydrogen) atoms. The van der Waals surface area contributed by atoms with Crippen LogP contribution < -0.4 is 18.9 Å². The smallest absolute Gasteiger partial charge is 0.203 e. The third-order valence-electron chi connectivity index (χ3n) is 3.15. The fourth-order valence-electron chi connectivity index (χ4n) is 2.03. The number of aldehydes is 1. The maximum absolute atomic E-state index is 10.6. The van der Waals surface area contributed by atoms with Gasteiger partial charge in [-0.3, -0.25) is 4.79 Å². The van der Waals surface area contributed by atoms with Crippen LogP contribution >= 0.6 is 0 Å². The Morgan fingerprint density at radius 1 is 0.909 bits per heavy atom. The minimum Gasteiger partial charge on any atom is -0.493 e. The summed E-state index contributed by atoms with van der Waals surface area (Å²) < 4.78 is 21.6. The first kappa shape index (κ1) is 15.7. The second-order valence-electron chi connectivity index (χ2n) is 4.51. The maximum Gasteiger partial charge on any atom is 0.203 e. The number of carbonyl (C=O) groups excluding carboxylic acids is 1. The maximum atomic E-state index is 10.6. The second kappa shape index (κ2) is 7.36. The van der Waals surface area contributed by atoms with Crippen LogP contribution in [0.2, 0.25) is 0 Å². The van der Waals surface area contributed by atoms with Gasteiger partial charge >= 0.3 is 0 Å². The van der Waals surface area contributed by atoms with Crippen molar-refractivity contribution in [3.63, 3.8) is 0 Å². The molecular weight excluding hydrogens is 284 g/mol. The van der Waals surface area contributed by atoms with Crippen molar-refractivity contribution in [3.8, 4) is 23.0 Å². The SMILES string of the molecule is COc1cc(COc2ccc(C=O)cc2)cc(OC)c1OC. The van der Waals surface area contributed by atoms with Gasteiger partial charge in [-0.2, -0.15) is 0 Å². The number of rotatable bonds is 7. The second-order valence-corrected chi connectivity index (χ2v) is 4.51. The molecule has 116 valence electrons. The third kappa shape index (κ3) is 3.49. The number of carbonyl (C=O) groups is 1. The first-order chi connectivity index (χ1) is 10.7. The number of benzene rings is 2. The summed E-state index contributed by atoms with van der Waals surface area (Å²) in [4.78, 5) is 10.6. The number of hydrogen-bond acceptors (Lipinski definition) is 5. The molecule has 0 amide bonds. The van der Waals surface area contributed by atoms with Crippen molar-refractivity contribution >= 4 is 6.29 Å². The normalized spacial score (nSPS) is 9.95. The van der Waals surface area contributed by atoms with Gasteiger partial charge in [0.2, 0.25) is 5.75 Å². The first-order valence-corrected chi connectivity index (χ1v) is 6.68. The van der Waals surface area contributed by atoms with Gasteiger partial charge < -0.3 is 18.9 Å². The molecule has 0 unspecified atom stereocenters. The highest BCUT2D eigenvalue weighted by molar-refractivity contribution is 5.74. The fraction of sp³-hybridized carbons (Fsp3) is 0.235. The molecule has 2 rings (SSSR count). The van der Waals surface area contributed by atoms with Gasteiger partial charge in [0.05, 0.1) is 21.3 Å². The summed E-state index contributed by atoms with van der Waals surface area (Å²) >= 11 is 0. The molecule has 5 nitrogen and oxygen atoms in total. The zero-order valence-electron chi connectivity index (χ0n) is 12.8. The van der Waals surface area contributed by atoms with Gasteiger partial charge in [0.15, 0.2) is 11.5 Å². The summed E-state index contributed by atoms with van der Waals surface area (Å²) in [5.74, 6) is 2.39. The standard InChI is InChI=1S/C17H18O5/c1-19-15-8-13(9-16(20-2)17(15)21-3)11-22-14-6-4-12(10-18)5-7-14/h4-10H,11H2,1-3H3. The van der Waals surface area contributed by atoms with E-state index in [1.807, 2.05) is 12.1 Å². The Morgan fingerprint density at radius 2 is 1.50 bits per heavy atom. The molecule has 0 saturated carbocycles. The molecule has 0 aliphatic carbocycles. The first-order valence-electron chi connectivity index (χ1n) is 6.68. The van der Waals surface area contributed by atoms with Crippen molar-refractivity contribution in [1.29, 1.82) is 0 Å². The summed E-state index contributed by atoms with van der Waals surface area (Å²) in [7, 11) is 4.70.